The highest BCUT2D eigenvalue weighted by molar-refractivity contribution is 6.31. The highest BCUT2D eigenvalue weighted by Crippen LogP contribution is 2.30. The Kier molecular flexibility index (Phi) is 3.52. The molecule has 1 unspecified atom stereocenters. The van der Waals surface area contributed by atoms with Gasteiger partial charge in [0, 0.05) is 12.4 Å². The summed E-state index contributed by atoms with van der Waals surface area (Å²) < 4.78 is 5.35. The van der Waals surface area contributed by atoms with Crippen LogP contribution in [0.15, 0.2) is 35.2 Å². The topological polar surface area (TPSA) is 26.0 Å². The molecule has 2 heterocycles. The first-order valence-corrected chi connectivity index (χ1v) is 5.76. The van der Waals surface area contributed by atoms with Gasteiger partial charge in [0.15, 0.2) is 0 Å². The van der Waals surface area contributed by atoms with Crippen molar-refractivity contribution in [1.29, 1.82) is 0 Å². The third-order valence-corrected chi connectivity index (χ3v) is 3.13. The highest BCUT2D eigenvalue weighted by Gasteiger charge is 2.16. The minimum atomic E-state index is -0.199. The normalized spacial score (nSPS) is 12.7. The fraction of sp³-hybridized carbons (Fsp3) is 0.250. The maximum atomic E-state index is 6.29. The lowest BCUT2D eigenvalue weighted by Gasteiger charge is -2.09. The largest absolute Gasteiger partial charge is 0.467 e. The van der Waals surface area contributed by atoms with E-state index in [2.05, 4.69) is 4.98 Å². The summed E-state index contributed by atoms with van der Waals surface area (Å²) in [6, 6.07) is 3.77. The minimum absolute atomic E-state index is 0.199. The van der Waals surface area contributed by atoms with Crippen LogP contribution in [0.4, 0.5) is 0 Å². The third kappa shape index (κ3) is 2.39. The summed E-state index contributed by atoms with van der Waals surface area (Å²) in [6.45, 7) is 1.97. The Morgan fingerprint density at radius 3 is 2.88 bits per heavy atom. The van der Waals surface area contributed by atoms with Crippen molar-refractivity contribution < 1.29 is 4.42 Å². The first kappa shape index (κ1) is 11.5. The highest BCUT2D eigenvalue weighted by atomic mass is 35.5. The zero-order chi connectivity index (χ0) is 11.5. The summed E-state index contributed by atoms with van der Waals surface area (Å²) in [7, 11) is 0. The van der Waals surface area contributed by atoms with E-state index in [1.807, 2.05) is 19.1 Å². The molecule has 0 aromatic carbocycles. The second kappa shape index (κ2) is 4.89. The van der Waals surface area contributed by atoms with Gasteiger partial charge in [-0.3, -0.25) is 4.98 Å². The molecule has 2 aromatic rings. The van der Waals surface area contributed by atoms with Crippen LogP contribution < -0.4 is 0 Å². The van der Waals surface area contributed by atoms with E-state index >= 15 is 0 Å². The summed E-state index contributed by atoms with van der Waals surface area (Å²) >= 11 is 12.3. The molecule has 0 spiro atoms. The van der Waals surface area contributed by atoms with Gasteiger partial charge >= 0.3 is 0 Å². The van der Waals surface area contributed by atoms with Crippen molar-refractivity contribution >= 4 is 23.2 Å². The van der Waals surface area contributed by atoms with Crippen LogP contribution >= 0.6 is 23.2 Å². The standard InChI is InChI=1S/C12H11Cl2NO/c1-8-3-5-16-12(8)10(13)6-9-2-4-15-7-11(9)14/h2-5,7,10H,6H2,1H3. The number of aryl methyl sites for hydroxylation is 1. The number of alkyl halides is 1. The Balaban J connectivity index is 2.17. The number of hydrogen-bond acceptors (Lipinski definition) is 2. The van der Waals surface area contributed by atoms with Crippen molar-refractivity contribution in [3.05, 3.63) is 52.7 Å². The molecular weight excluding hydrogens is 245 g/mol. The molecule has 0 amide bonds. The van der Waals surface area contributed by atoms with E-state index in [4.69, 9.17) is 27.6 Å². The predicted octanol–water partition coefficient (Wildman–Crippen LogP) is 4.16. The van der Waals surface area contributed by atoms with Crippen molar-refractivity contribution in [2.45, 2.75) is 18.7 Å². The predicted molar refractivity (Wildman–Crippen MR) is 65.0 cm³/mol. The Bertz CT molecular complexity index is 481. The fourth-order valence-corrected chi connectivity index (χ4v) is 2.15. The number of aromatic nitrogens is 1. The average molecular weight is 256 g/mol. The van der Waals surface area contributed by atoms with Gasteiger partial charge in [-0.15, -0.1) is 11.6 Å². The molecule has 16 heavy (non-hydrogen) atoms. The van der Waals surface area contributed by atoms with Crippen LogP contribution in [0.1, 0.15) is 22.3 Å². The monoisotopic (exact) mass is 255 g/mol. The van der Waals surface area contributed by atoms with Crippen LogP contribution in [0.3, 0.4) is 0 Å². The number of nitrogens with zero attached hydrogens (tertiary/aromatic N) is 1. The molecule has 2 aromatic heterocycles. The maximum absolute atomic E-state index is 6.29. The van der Waals surface area contributed by atoms with Crippen molar-refractivity contribution in [2.75, 3.05) is 0 Å². The molecule has 0 bridgehead atoms. The number of halogens is 2. The molecule has 0 saturated heterocycles. The molecule has 0 aliphatic rings. The van der Waals surface area contributed by atoms with Gasteiger partial charge in [0.05, 0.1) is 16.7 Å². The number of furan rings is 1. The summed E-state index contributed by atoms with van der Waals surface area (Å²) in [4.78, 5) is 3.93. The van der Waals surface area contributed by atoms with Crippen LogP contribution in [0.25, 0.3) is 0 Å². The Hall–Kier alpha value is -0.990. The first-order chi connectivity index (χ1) is 7.68. The maximum Gasteiger partial charge on any atom is 0.124 e. The molecule has 0 N–H and O–H groups in total. The summed E-state index contributed by atoms with van der Waals surface area (Å²) in [5.74, 6) is 0.801. The molecule has 0 fully saturated rings. The third-order valence-electron chi connectivity index (χ3n) is 2.44. The van der Waals surface area contributed by atoms with Crippen molar-refractivity contribution in [3.63, 3.8) is 0 Å². The summed E-state index contributed by atoms with van der Waals surface area (Å²) in [5, 5.41) is 0.437. The summed E-state index contributed by atoms with van der Waals surface area (Å²) in [6.07, 6.45) is 5.61. The van der Waals surface area contributed by atoms with Gasteiger partial charge in [-0.1, -0.05) is 11.6 Å². The number of pyridine rings is 1. The Labute approximate surface area is 104 Å². The van der Waals surface area contributed by atoms with Crippen molar-refractivity contribution in [3.8, 4) is 0 Å². The molecule has 84 valence electrons. The zero-order valence-electron chi connectivity index (χ0n) is 8.78. The molecule has 0 aliphatic carbocycles. The molecule has 0 saturated carbocycles. The minimum Gasteiger partial charge on any atom is -0.467 e. The van der Waals surface area contributed by atoms with Gasteiger partial charge in [0.25, 0.3) is 0 Å². The lowest BCUT2D eigenvalue weighted by molar-refractivity contribution is 0.499. The van der Waals surface area contributed by atoms with Crippen LogP contribution in [0.2, 0.25) is 5.02 Å². The van der Waals surface area contributed by atoms with Gasteiger partial charge in [0.2, 0.25) is 0 Å². The van der Waals surface area contributed by atoms with Gasteiger partial charge < -0.3 is 4.42 Å². The quantitative estimate of drug-likeness (QED) is 0.770. The summed E-state index contributed by atoms with van der Waals surface area (Å²) in [5.41, 5.74) is 2.04. The first-order valence-electron chi connectivity index (χ1n) is 4.95. The van der Waals surface area contributed by atoms with E-state index in [1.165, 1.54) is 0 Å². The zero-order valence-corrected chi connectivity index (χ0v) is 10.3. The fourth-order valence-electron chi connectivity index (χ4n) is 1.56. The second-order valence-electron chi connectivity index (χ2n) is 3.61. The molecule has 2 rings (SSSR count). The van der Waals surface area contributed by atoms with E-state index in [0.717, 1.165) is 16.9 Å². The van der Waals surface area contributed by atoms with Gasteiger partial charge in [-0.2, -0.15) is 0 Å². The van der Waals surface area contributed by atoms with Gasteiger partial charge in [-0.05, 0) is 36.6 Å². The van der Waals surface area contributed by atoms with E-state index < -0.39 is 0 Å². The van der Waals surface area contributed by atoms with E-state index in [-0.39, 0.29) is 5.38 Å². The van der Waals surface area contributed by atoms with Crippen molar-refractivity contribution in [2.24, 2.45) is 0 Å². The van der Waals surface area contributed by atoms with Crippen molar-refractivity contribution in [1.82, 2.24) is 4.98 Å². The average Bonchev–Trinajstić information content (AvgIpc) is 2.68. The molecule has 0 radical (unpaired) electrons. The molecule has 1 atom stereocenters. The molecule has 0 aliphatic heterocycles. The Morgan fingerprint density at radius 1 is 1.44 bits per heavy atom. The molecule has 4 heteroatoms. The number of rotatable bonds is 3. The SMILES string of the molecule is Cc1ccoc1C(Cl)Cc1ccncc1Cl. The van der Waals surface area contributed by atoms with E-state index in [9.17, 15) is 0 Å². The van der Waals surface area contributed by atoms with Crippen LogP contribution in [-0.2, 0) is 6.42 Å². The molecular formula is C12H11Cl2NO. The Morgan fingerprint density at radius 2 is 2.25 bits per heavy atom. The lowest BCUT2D eigenvalue weighted by Crippen LogP contribution is -1.97. The molecule has 2 nitrogen and oxygen atoms in total. The lowest BCUT2D eigenvalue weighted by atomic mass is 10.1. The van der Waals surface area contributed by atoms with E-state index in [1.54, 1.807) is 18.7 Å². The van der Waals surface area contributed by atoms with Crippen LogP contribution in [0, 0.1) is 6.92 Å². The second-order valence-corrected chi connectivity index (χ2v) is 4.54. The van der Waals surface area contributed by atoms with Gasteiger partial charge in [-0.25, -0.2) is 0 Å². The van der Waals surface area contributed by atoms with E-state index in [0.29, 0.717) is 11.4 Å². The van der Waals surface area contributed by atoms with Crippen LogP contribution in [-0.4, -0.2) is 4.98 Å². The van der Waals surface area contributed by atoms with Crippen LogP contribution in [0.5, 0.6) is 0 Å². The smallest absolute Gasteiger partial charge is 0.124 e. The number of hydrogen-bond donors (Lipinski definition) is 0. The van der Waals surface area contributed by atoms with Gasteiger partial charge in [0.1, 0.15) is 5.76 Å².